The molecule has 0 aromatic heterocycles. The van der Waals surface area contributed by atoms with Gasteiger partial charge in [0.25, 0.3) is 5.91 Å². The van der Waals surface area contributed by atoms with Crippen LogP contribution in [-0.2, 0) is 0 Å². The number of unbranched alkanes of at least 4 members (excludes halogenated alkanes) is 27. The highest BCUT2D eigenvalue weighted by molar-refractivity contribution is 5.94. The van der Waals surface area contributed by atoms with Gasteiger partial charge in [0.2, 0.25) is 0 Å². The average Bonchev–Trinajstić information content (AvgIpc) is 3.14. The van der Waals surface area contributed by atoms with E-state index in [2.05, 4.69) is 38.2 Å². The Balaban J connectivity index is 2.34. The van der Waals surface area contributed by atoms with Crippen molar-refractivity contribution in [3.05, 3.63) is 29.8 Å². The van der Waals surface area contributed by atoms with Crippen LogP contribution in [0.4, 0.5) is 5.69 Å². The zero-order chi connectivity index (χ0) is 38.0. The lowest BCUT2D eigenvalue weighted by molar-refractivity contribution is -0.916. The van der Waals surface area contributed by atoms with Gasteiger partial charge in [-0.1, -0.05) is 187 Å². The maximum absolute atomic E-state index is 12.8. The zero-order valence-electron chi connectivity index (χ0n) is 36.2. The molecule has 4 nitrogen and oxygen atoms in total. The van der Waals surface area contributed by atoms with Gasteiger partial charge in [-0.3, -0.25) is 4.79 Å². The number of quaternary nitrogens is 1. The summed E-state index contributed by atoms with van der Waals surface area (Å²) in [7, 11) is 8.98. The lowest BCUT2D eigenvalue weighted by Gasteiger charge is -2.39. The van der Waals surface area contributed by atoms with Crippen molar-refractivity contribution < 1.29 is 9.28 Å². The van der Waals surface area contributed by atoms with Crippen LogP contribution in [0.1, 0.15) is 230 Å². The van der Waals surface area contributed by atoms with Gasteiger partial charge in [-0.05, 0) is 49.9 Å². The van der Waals surface area contributed by atoms with Gasteiger partial charge in [0, 0.05) is 38.3 Å². The van der Waals surface area contributed by atoms with Gasteiger partial charge >= 0.3 is 0 Å². The van der Waals surface area contributed by atoms with Crippen LogP contribution in [0.2, 0.25) is 0 Å². The second kappa shape index (κ2) is 34.0. The first-order chi connectivity index (χ1) is 25.3. The minimum absolute atomic E-state index is 0.0485. The largest absolute Gasteiger partial charge is 0.378 e. The molecule has 0 fully saturated rings. The molecular formula is C48H92N3O+. The molecule has 1 aromatic carbocycles. The van der Waals surface area contributed by atoms with E-state index >= 15 is 0 Å². The molecule has 52 heavy (non-hydrogen) atoms. The molecule has 304 valence electrons. The third-order valence-corrected chi connectivity index (χ3v) is 11.9. The minimum Gasteiger partial charge on any atom is -0.378 e. The number of rotatable bonds is 38. The summed E-state index contributed by atoms with van der Waals surface area (Å²) in [5.74, 6) is 0.0485. The van der Waals surface area contributed by atoms with Crippen molar-refractivity contribution in [2.45, 2.75) is 225 Å². The summed E-state index contributed by atoms with van der Waals surface area (Å²) in [6.07, 6.45) is 45.2. The molecule has 0 saturated carbocycles. The Hall–Kier alpha value is -1.55. The van der Waals surface area contributed by atoms with Crippen LogP contribution in [0.15, 0.2) is 24.3 Å². The number of nitrogens with one attached hydrogen (secondary N) is 1. The van der Waals surface area contributed by atoms with Crippen molar-refractivity contribution in [1.82, 2.24) is 5.32 Å². The van der Waals surface area contributed by atoms with E-state index in [1.165, 1.54) is 199 Å². The number of hydrogen-bond acceptors (Lipinski definition) is 2. The fraction of sp³-hybridized carbons (Fsp3) is 0.854. The monoisotopic (exact) mass is 727 g/mol. The first-order valence-electron chi connectivity index (χ1n) is 23.2. The van der Waals surface area contributed by atoms with Crippen molar-refractivity contribution >= 4 is 11.6 Å². The molecule has 0 aliphatic rings. The van der Waals surface area contributed by atoms with E-state index in [1.54, 1.807) is 0 Å². The lowest BCUT2D eigenvalue weighted by Crippen LogP contribution is -2.50. The number of benzene rings is 1. The normalized spacial score (nSPS) is 12.3. The van der Waals surface area contributed by atoms with Gasteiger partial charge < -0.3 is 14.7 Å². The SMILES string of the molecule is CCCCCCCCCCCCCCCCCC(CCCCCCCCCCCCCCCC)[N+](C)(C)CCCNC(=O)c1ccc(N(C)C)cc1. The van der Waals surface area contributed by atoms with E-state index in [4.69, 9.17) is 0 Å². The highest BCUT2D eigenvalue weighted by Crippen LogP contribution is 2.23. The number of carbonyl (C=O) groups excluding carboxylic acids is 1. The Labute approximate surface area is 326 Å². The molecule has 0 spiro atoms. The second-order valence-corrected chi connectivity index (χ2v) is 17.3. The van der Waals surface area contributed by atoms with Gasteiger partial charge in [-0.15, -0.1) is 0 Å². The Morgan fingerprint density at radius 2 is 0.846 bits per heavy atom. The van der Waals surface area contributed by atoms with Crippen LogP contribution in [0.3, 0.4) is 0 Å². The van der Waals surface area contributed by atoms with E-state index in [0.717, 1.165) is 41.3 Å². The zero-order valence-corrected chi connectivity index (χ0v) is 36.2. The maximum atomic E-state index is 12.8. The first-order valence-corrected chi connectivity index (χ1v) is 23.2. The van der Waals surface area contributed by atoms with Crippen molar-refractivity contribution in [2.75, 3.05) is 46.2 Å². The van der Waals surface area contributed by atoms with Crippen molar-refractivity contribution in [3.63, 3.8) is 0 Å². The van der Waals surface area contributed by atoms with E-state index in [-0.39, 0.29) is 5.91 Å². The lowest BCUT2D eigenvalue weighted by atomic mass is 9.97. The topological polar surface area (TPSA) is 32.3 Å². The summed E-state index contributed by atoms with van der Waals surface area (Å²) < 4.78 is 1.09. The molecule has 0 radical (unpaired) electrons. The predicted molar refractivity (Wildman–Crippen MR) is 233 cm³/mol. The Bertz CT molecular complexity index is 911. The molecule has 4 heteroatoms. The van der Waals surface area contributed by atoms with Gasteiger partial charge in [0.15, 0.2) is 0 Å². The highest BCUT2D eigenvalue weighted by Gasteiger charge is 2.27. The number of amides is 1. The molecule has 1 aromatic rings. The fourth-order valence-corrected chi connectivity index (χ4v) is 8.05. The predicted octanol–water partition coefficient (Wildman–Crippen LogP) is 14.5. The summed E-state index contributed by atoms with van der Waals surface area (Å²) in [5, 5.41) is 3.19. The smallest absolute Gasteiger partial charge is 0.251 e. The molecule has 1 amide bonds. The van der Waals surface area contributed by atoms with Gasteiger partial charge in [0.05, 0.1) is 26.7 Å². The molecule has 1 rings (SSSR count). The minimum atomic E-state index is 0.0485. The van der Waals surface area contributed by atoms with Crippen molar-refractivity contribution in [1.29, 1.82) is 0 Å². The standard InChI is InChI=1S/C48H91N3O/c1-7-9-11-13-15-17-19-21-23-25-27-29-31-33-35-38-47(37-34-32-30-28-26-24-22-20-18-16-14-12-10-8-2)51(5,6)44-36-43-49-48(52)45-39-41-46(42-40-45)50(3)4/h39-42,47H,7-38,43-44H2,1-6H3/p+1. The van der Waals surface area contributed by atoms with E-state index in [9.17, 15) is 4.79 Å². The maximum Gasteiger partial charge on any atom is 0.251 e. The average molecular weight is 727 g/mol. The van der Waals surface area contributed by atoms with Gasteiger partial charge in [-0.25, -0.2) is 0 Å². The van der Waals surface area contributed by atoms with E-state index in [1.807, 2.05) is 38.4 Å². The molecule has 0 heterocycles. The molecule has 1 atom stereocenters. The van der Waals surface area contributed by atoms with Crippen LogP contribution in [-0.4, -0.2) is 57.7 Å². The Morgan fingerprint density at radius 3 is 1.17 bits per heavy atom. The molecular weight excluding hydrogens is 635 g/mol. The molecule has 0 bridgehead atoms. The number of nitrogens with zero attached hydrogens (tertiary/aromatic N) is 2. The highest BCUT2D eigenvalue weighted by atomic mass is 16.1. The second-order valence-electron chi connectivity index (χ2n) is 17.3. The summed E-state index contributed by atoms with van der Waals surface area (Å²) in [5.41, 5.74) is 1.87. The quantitative estimate of drug-likeness (QED) is 0.0543. The van der Waals surface area contributed by atoms with Crippen molar-refractivity contribution in [2.24, 2.45) is 0 Å². The molecule has 0 saturated heterocycles. The van der Waals surface area contributed by atoms with Crippen LogP contribution in [0.25, 0.3) is 0 Å². The third kappa shape index (κ3) is 27.1. The molecule has 1 N–H and O–H groups in total. The summed E-state index contributed by atoms with van der Waals surface area (Å²) in [4.78, 5) is 14.8. The van der Waals surface area contributed by atoms with Crippen molar-refractivity contribution in [3.8, 4) is 0 Å². The van der Waals surface area contributed by atoms with Crippen LogP contribution in [0, 0.1) is 0 Å². The summed E-state index contributed by atoms with van der Waals surface area (Å²) in [6.45, 7) is 6.49. The Morgan fingerprint density at radius 1 is 0.519 bits per heavy atom. The summed E-state index contributed by atoms with van der Waals surface area (Å²) in [6, 6.07) is 8.65. The van der Waals surface area contributed by atoms with Gasteiger partial charge in [-0.2, -0.15) is 0 Å². The Kier molecular flexibility index (Phi) is 31.7. The van der Waals surface area contributed by atoms with Crippen LogP contribution >= 0.6 is 0 Å². The van der Waals surface area contributed by atoms with Gasteiger partial charge in [0.1, 0.15) is 0 Å². The molecule has 0 aliphatic carbocycles. The number of anilines is 1. The summed E-state index contributed by atoms with van der Waals surface area (Å²) >= 11 is 0. The molecule has 1 unspecified atom stereocenters. The van der Waals surface area contributed by atoms with Crippen LogP contribution in [0.5, 0.6) is 0 Å². The van der Waals surface area contributed by atoms with E-state index in [0.29, 0.717) is 0 Å². The molecule has 0 aliphatic heterocycles. The number of hydrogen-bond donors (Lipinski definition) is 1. The fourth-order valence-electron chi connectivity index (χ4n) is 8.05. The first kappa shape index (κ1) is 48.5. The van der Waals surface area contributed by atoms with Crippen LogP contribution < -0.4 is 10.2 Å². The van der Waals surface area contributed by atoms with E-state index < -0.39 is 0 Å². The third-order valence-electron chi connectivity index (χ3n) is 11.9. The number of carbonyl (C=O) groups is 1.